The molecule has 2 aromatic rings. The summed E-state index contributed by atoms with van der Waals surface area (Å²) in [5.74, 6) is 2.02. The first-order chi connectivity index (χ1) is 15.1. The predicted octanol–water partition coefficient (Wildman–Crippen LogP) is 5.93. The van der Waals surface area contributed by atoms with Crippen molar-refractivity contribution in [2.24, 2.45) is 0 Å². The van der Waals surface area contributed by atoms with E-state index in [1.54, 1.807) is 14.2 Å². The van der Waals surface area contributed by atoms with Crippen molar-refractivity contribution in [1.29, 1.82) is 0 Å². The molecule has 2 heterocycles. The fraction of sp³-hybridized carbons (Fsp3) is 0.538. The van der Waals surface area contributed by atoms with E-state index in [0.717, 1.165) is 11.5 Å². The SMILES string of the molecule is COCc1cccc2c1P(C(C)(C)C)[C@H]([C@@H]1Oc3cccc(COC)c3P1C(C)(C)C)O2. The molecule has 4 nitrogen and oxygen atoms in total. The normalized spacial score (nSPS) is 24.6. The minimum atomic E-state index is -0.645. The van der Waals surface area contributed by atoms with Crippen LogP contribution < -0.4 is 20.1 Å². The molecule has 2 unspecified atom stereocenters. The van der Waals surface area contributed by atoms with Gasteiger partial charge >= 0.3 is 0 Å². The highest BCUT2D eigenvalue weighted by molar-refractivity contribution is 7.72. The minimum Gasteiger partial charge on any atom is -0.481 e. The fourth-order valence-electron chi connectivity index (χ4n) is 4.84. The molecule has 0 aliphatic carbocycles. The summed E-state index contributed by atoms with van der Waals surface area (Å²) in [7, 11) is 2.24. The topological polar surface area (TPSA) is 36.9 Å². The zero-order valence-corrected chi connectivity index (χ0v) is 22.3. The number of fused-ring (bicyclic) bond motifs is 2. The molecule has 2 aliphatic rings. The highest BCUT2D eigenvalue weighted by Crippen LogP contribution is 2.68. The van der Waals surface area contributed by atoms with Gasteiger partial charge in [0.15, 0.2) is 11.7 Å². The molecule has 2 aromatic carbocycles. The van der Waals surface area contributed by atoms with Gasteiger partial charge in [0.1, 0.15) is 11.5 Å². The molecule has 32 heavy (non-hydrogen) atoms. The Hall–Kier alpha value is -1.18. The van der Waals surface area contributed by atoms with E-state index in [1.807, 2.05) is 0 Å². The van der Waals surface area contributed by atoms with Gasteiger partial charge in [-0.05, 0) is 49.4 Å². The second-order valence-electron chi connectivity index (χ2n) is 10.5. The first kappa shape index (κ1) is 24.0. The second-order valence-corrected chi connectivity index (χ2v) is 16.6. The van der Waals surface area contributed by atoms with Gasteiger partial charge in [-0.15, -0.1) is 0 Å². The summed E-state index contributed by atoms with van der Waals surface area (Å²) in [6.45, 7) is 15.2. The largest absolute Gasteiger partial charge is 0.481 e. The number of methoxy groups -OCH3 is 2. The average Bonchev–Trinajstić information content (AvgIpc) is 3.27. The smallest absolute Gasteiger partial charge is 0.162 e. The Morgan fingerprint density at radius 1 is 0.688 bits per heavy atom. The highest BCUT2D eigenvalue weighted by atomic mass is 31.1. The molecule has 4 rings (SSSR count). The third-order valence-electron chi connectivity index (χ3n) is 5.94. The standard InChI is InChI=1S/C26H36O4P2/c1-25(2,3)31-21-17(15-27-7)11-9-13-19(21)29-23(31)24-30-20-14-10-12-18(16-28-8)22(20)32(24)26(4,5)6/h9-14,23-24H,15-16H2,1-8H3/t23-,24-,31?,32?/m1/s1. The van der Waals surface area contributed by atoms with Crippen LogP contribution in [0.25, 0.3) is 0 Å². The molecule has 0 spiro atoms. The van der Waals surface area contributed by atoms with Crippen molar-refractivity contribution in [3.8, 4) is 11.5 Å². The molecule has 0 saturated carbocycles. The van der Waals surface area contributed by atoms with E-state index < -0.39 is 15.8 Å². The molecule has 0 saturated heterocycles. The quantitative estimate of drug-likeness (QED) is 0.504. The van der Waals surface area contributed by atoms with Crippen molar-refractivity contribution < 1.29 is 18.9 Å². The third-order valence-corrected chi connectivity index (χ3v) is 12.8. The lowest BCUT2D eigenvalue weighted by molar-refractivity contribution is 0.170. The Morgan fingerprint density at radius 2 is 1.06 bits per heavy atom. The molecular weight excluding hydrogens is 438 g/mol. The summed E-state index contributed by atoms with van der Waals surface area (Å²) in [6.07, 6.45) is 0. The van der Waals surface area contributed by atoms with Crippen LogP contribution in [0.3, 0.4) is 0 Å². The summed E-state index contributed by atoms with van der Waals surface area (Å²) >= 11 is 0. The molecule has 0 amide bonds. The third kappa shape index (κ3) is 4.21. The van der Waals surface area contributed by atoms with Gasteiger partial charge in [-0.3, -0.25) is 0 Å². The second kappa shape index (κ2) is 8.88. The van der Waals surface area contributed by atoms with Crippen molar-refractivity contribution >= 4 is 26.5 Å². The van der Waals surface area contributed by atoms with Crippen LogP contribution in [0.5, 0.6) is 11.5 Å². The molecule has 0 fully saturated rings. The first-order valence-corrected chi connectivity index (χ1v) is 14.0. The van der Waals surface area contributed by atoms with Gasteiger partial charge in [0, 0.05) is 24.8 Å². The van der Waals surface area contributed by atoms with Crippen LogP contribution >= 0.6 is 15.8 Å². The first-order valence-electron chi connectivity index (χ1n) is 11.2. The zero-order valence-electron chi connectivity index (χ0n) is 20.6. The maximum Gasteiger partial charge on any atom is 0.162 e. The predicted molar refractivity (Wildman–Crippen MR) is 136 cm³/mol. The maximum atomic E-state index is 6.81. The van der Waals surface area contributed by atoms with E-state index in [0.29, 0.717) is 13.2 Å². The van der Waals surface area contributed by atoms with E-state index in [2.05, 4.69) is 77.9 Å². The van der Waals surface area contributed by atoms with Crippen LogP contribution in [0.15, 0.2) is 36.4 Å². The number of ether oxygens (including phenoxy) is 4. The minimum absolute atomic E-state index is 0.00568. The van der Waals surface area contributed by atoms with Crippen molar-refractivity contribution in [2.75, 3.05) is 14.2 Å². The van der Waals surface area contributed by atoms with E-state index in [4.69, 9.17) is 18.9 Å². The van der Waals surface area contributed by atoms with Gasteiger partial charge in [0.05, 0.1) is 13.2 Å². The highest BCUT2D eigenvalue weighted by Gasteiger charge is 2.54. The summed E-state index contributed by atoms with van der Waals surface area (Å²) in [5, 5.41) is 2.84. The summed E-state index contributed by atoms with van der Waals surface area (Å²) in [4.78, 5) is 0. The van der Waals surface area contributed by atoms with Gasteiger partial charge in [-0.2, -0.15) is 0 Å². The lowest BCUT2D eigenvalue weighted by Gasteiger charge is -2.40. The lowest BCUT2D eigenvalue weighted by Crippen LogP contribution is -2.38. The van der Waals surface area contributed by atoms with Crippen molar-refractivity contribution in [2.45, 2.75) is 76.8 Å². The van der Waals surface area contributed by atoms with Crippen molar-refractivity contribution in [1.82, 2.24) is 0 Å². The van der Waals surface area contributed by atoms with Gasteiger partial charge in [0.25, 0.3) is 0 Å². The molecular formula is C26H36O4P2. The van der Waals surface area contributed by atoms with Crippen LogP contribution in [0.2, 0.25) is 0 Å². The van der Waals surface area contributed by atoms with Gasteiger partial charge < -0.3 is 18.9 Å². The van der Waals surface area contributed by atoms with Crippen LogP contribution in [0, 0.1) is 0 Å². The number of benzene rings is 2. The van der Waals surface area contributed by atoms with Crippen LogP contribution in [-0.4, -0.2) is 36.2 Å². The summed E-state index contributed by atoms with van der Waals surface area (Å²) < 4.78 is 24.7. The summed E-state index contributed by atoms with van der Waals surface area (Å²) in [5.41, 5.74) is 2.48. The molecule has 6 heteroatoms. The maximum absolute atomic E-state index is 6.81. The van der Waals surface area contributed by atoms with Gasteiger partial charge in [0.2, 0.25) is 0 Å². The van der Waals surface area contributed by atoms with Crippen molar-refractivity contribution in [3.63, 3.8) is 0 Å². The Kier molecular flexibility index (Phi) is 6.65. The zero-order chi connectivity index (χ0) is 23.3. The van der Waals surface area contributed by atoms with Crippen LogP contribution in [0.4, 0.5) is 0 Å². The Bertz CT molecular complexity index is 897. The molecule has 0 bridgehead atoms. The fourth-order valence-corrected chi connectivity index (χ4v) is 11.7. The van der Waals surface area contributed by atoms with E-state index in [1.165, 1.54) is 21.7 Å². The number of rotatable bonds is 5. The average molecular weight is 475 g/mol. The number of hydrogen-bond acceptors (Lipinski definition) is 4. The summed E-state index contributed by atoms with van der Waals surface area (Å²) in [6, 6.07) is 12.8. The van der Waals surface area contributed by atoms with Crippen molar-refractivity contribution in [3.05, 3.63) is 47.5 Å². The number of hydrogen-bond donors (Lipinski definition) is 0. The monoisotopic (exact) mass is 474 g/mol. The molecule has 4 atom stereocenters. The Labute approximate surface area is 195 Å². The molecule has 2 aliphatic heterocycles. The molecule has 174 valence electrons. The Balaban J connectivity index is 1.83. The van der Waals surface area contributed by atoms with E-state index >= 15 is 0 Å². The van der Waals surface area contributed by atoms with E-state index in [9.17, 15) is 0 Å². The molecule has 0 radical (unpaired) electrons. The molecule has 0 aromatic heterocycles. The Morgan fingerprint density at radius 3 is 1.38 bits per heavy atom. The van der Waals surface area contributed by atoms with Gasteiger partial charge in [-0.25, -0.2) is 0 Å². The van der Waals surface area contributed by atoms with Crippen LogP contribution in [0.1, 0.15) is 52.7 Å². The van der Waals surface area contributed by atoms with Gasteiger partial charge in [-0.1, -0.05) is 65.8 Å². The lowest BCUT2D eigenvalue weighted by atomic mass is 10.2. The molecule has 0 N–H and O–H groups in total. The van der Waals surface area contributed by atoms with Crippen LogP contribution in [-0.2, 0) is 22.7 Å². The van der Waals surface area contributed by atoms with E-state index in [-0.39, 0.29) is 22.0 Å².